The van der Waals surface area contributed by atoms with Crippen LogP contribution in [0.15, 0.2) is 0 Å². The summed E-state index contributed by atoms with van der Waals surface area (Å²) in [6.07, 6.45) is -29.9. The monoisotopic (exact) mass is 789 g/mol. The zero-order valence-electron chi connectivity index (χ0n) is 29.4. The Morgan fingerprint density at radius 2 is 0.796 bits per heavy atom. The van der Waals surface area contributed by atoms with Gasteiger partial charge in [-0.1, -0.05) is 0 Å². The third-order valence-electron chi connectivity index (χ3n) is 9.41. The zero-order chi connectivity index (χ0) is 40.2. The molecule has 0 aromatic rings. The molecule has 20 atom stereocenters. The molecule has 0 radical (unpaired) electrons. The number of nitrogens with one attached hydrogen (secondary N) is 3. The molecular formula is C30H51N3O21. The minimum absolute atomic E-state index is 0.725. The highest BCUT2D eigenvalue weighted by Crippen LogP contribution is 2.35. The molecule has 0 aliphatic carbocycles. The lowest BCUT2D eigenvalue weighted by Crippen LogP contribution is -2.72. The summed E-state index contributed by atoms with van der Waals surface area (Å²) >= 11 is 0. The van der Waals surface area contributed by atoms with Crippen LogP contribution in [-0.4, -0.2) is 223 Å². The van der Waals surface area contributed by atoms with E-state index in [-0.39, 0.29) is 0 Å². The molecule has 0 bridgehead atoms. The quantitative estimate of drug-likeness (QED) is 0.0823. The Kier molecular flexibility index (Phi) is 15.8. The molecule has 4 aliphatic heterocycles. The number of ether oxygens (including phenoxy) is 7. The zero-order valence-corrected chi connectivity index (χ0v) is 29.4. The molecule has 4 rings (SSSR count). The number of aliphatic hydroxyl groups is 11. The first-order chi connectivity index (χ1) is 25.5. The minimum atomic E-state index is -1.97. The number of hydrogen-bond acceptors (Lipinski definition) is 21. The fraction of sp³-hybridized carbons (Fsp3) is 0.900. The number of carbonyl (C=O) groups excluding carboxylic acids is 3. The van der Waals surface area contributed by atoms with Crippen molar-refractivity contribution in [1.82, 2.24) is 16.0 Å². The molecule has 14 N–H and O–H groups in total. The van der Waals surface area contributed by atoms with Gasteiger partial charge in [0, 0.05) is 20.8 Å². The highest BCUT2D eigenvalue weighted by atomic mass is 16.8. The highest BCUT2D eigenvalue weighted by molar-refractivity contribution is 5.74. The Morgan fingerprint density at radius 1 is 0.444 bits per heavy atom. The molecule has 24 heteroatoms. The van der Waals surface area contributed by atoms with E-state index in [0.717, 1.165) is 20.8 Å². The minimum Gasteiger partial charge on any atom is -0.394 e. The van der Waals surface area contributed by atoms with Crippen molar-refractivity contribution in [2.24, 2.45) is 0 Å². The summed E-state index contributed by atoms with van der Waals surface area (Å²) in [7, 11) is 0. The van der Waals surface area contributed by atoms with Crippen molar-refractivity contribution in [3.05, 3.63) is 0 Å². The largest absolute Gasteiger partial charge is 0.394 e. The van der Waals surface area contributed by atoms with Crippen LogP contribution in [0.25, 0.3) is 0 Å². The molecular weight excluding hydrogens is 738 g/mol. The van der Waals surface area contributed by atoms with Gasteiger partial charge in [-0.2, -0.15) is 0 Å². The lowest BCUT2D eigenvalue weighted by atomic mass is 9.93. The van der Waals surface area contributed by atoms with E-state index in [2.05, 4.69) is 16.0 Å². The first kappa shape index (κ1) is 44.4. The standard InChI is InChI=1S/C30H51N3O21/c1-8(38)31-15-20(43)18(41)11(4-34)49-28(15)53-25-14(7-37)51-30(52-24-13(6-36)48-27(47)23(46)22(24)45)17(33-10(3)40)26(25)54-29-16(32-9(2)39)21(44)19(42)12(5-35)50-29/h11-30,34-37,41-47H,4-7H2,1-3H3,(H,31,38)(H,32,39)(H,33,40)/t11-,12-,13-,14-,15-,16-,17-,18-,19+,20-,21-,22-,23-,24-,25+,26-,27?,28-,29-,30-/m1/s1. The third-order valence-corrected chi connectivity index (χ3v) is 9.41. The number of amides is 3. The third kappa shape index (κ3) is 9.79. The first-order valence-electron chi connectivity index (χ1n) is 17.1. The van der Waals surface area contributed by atoms with Crippen molar-refractivity contribution >= 4 is 17.7 Å². The van der Waals surface area contributed by atoms with Gasteiger partial charge in [0.2, 0.25) is 17.7 Å². The van der Waals surface area contributed by atoms with Gasteiger partial charge in [-0.05, 0) is 0 Å². The van der Waals surface area contributed by atoms with Gasteiger partial charge in [0.15, 0.2) is 25.2 Å². The average Bonchev–Trinajstić information content (AvgIpc) is 3.12. The molecule has 3 amide bonds. The van der Waals surface area contributed by atoms with Crippen molar-refractivity contribution < 1.29 is 104 Å². The van der Waals surface area contributed by atoms with Crippen molar-refractivity contribution in [2.45, 2.75) is 143 Å². The van der Waals surface area contributed by atoms with Crippen LogP contribution in [0.5, 0.6) is 0 Å². The van der Waals surface area contributed by atoms with Crippen LogP contribution in [-0.2, 0) is 47.5 Å². The lowest BCUT2D eigenvalue weighted by molar-refractivity contribution is -0.375. The van der Waals surface area contributed by atoms with Gasteiger partial charge in [-0.3, -0.25) is 14.4 Å². The summed E-state index contributed by atoms with van der Waals surface area (Å²) < 4.78 is 41.0. The maximum Gasteiger partial charge on any atom is 0.217 e. The summed E-state index contributed by atoms with van der Waals surface area (Å²) in [6.45, 7) is -0.370. The van der Waals surface area contributed by atoms with Gasteiger partial charge in [-0.25, -0.2) is 0 Å². The normalized spacial score (nSPS) is 45.7. The molecule has 4 heterocycles. The molecule has 1 unspecified atom stereocenters. The van der Waals surface area contributed by atoms with Crippen LogP contribution >= 0.6 is 0 Å². The predicted molar refractivity (Wildman–Crippen MR) is 169 cm³/mol. The van der Waals surface area contributed by atoms with E-state index in [1.165, 1.54) is 0 Å². The van der Waals surface area contributed by atoms with Gasteiger partial charge in [0.1, 0.15) is 97.5 Å². The van der Waals surface area contributed by atoms with Gasteiger partial charge in [0.05, 0.1) is 26.4 Å². The Balaban J connectivity index is 1.83. The molecule has 54 heavy (non-hydrogen) atoms. The van der Waals surface area contributed by atoms with Crippen molar-refractivity contribution in [2.75, 3.05) is 26.4 Å². The summed E-state index contributed by atoms with van der Waals surface area (Å²) in [5.74, 6) is -2.26. The Hall–Kier alpha value is -2.31. The van der Waals surface area contributed by atoms with Crippen molar-refractivity contribution in [1.29, 1.82) is 0 Å². The topological polar surface area (TPSA) is 374 Å². The second-order valence-corrected chi connectivity index (χ2v) is 13.3. The number of aliphatic hydroxyl groups excluding tert-OH is 11. The van der Waals surface area contributed by atoms with E-state index < -0.39 is 167 Å². The van der Waals surface area contributed by atoms with Crippen molar-refractivity contribution in [3.63, 3.8) is 0 Å². The molecule has 0 spiro atoms. The number of carbonyl (C=O) groups is 3. The van der Waals surface area contributed by atoms with E-state index in [0.29, 0.717) is 0 Å². The summed E-state index contributed by atoms with van der Waals surface area (Å²) in [6, 6.07) is -4.82. The van der Waals surface area contributed by atoms with Crippen LogP contribution in [0.1, 0.15) is 20.8 Å². The second kappa shape index (κ2) is 19.2. The Morgan fingerprint density at radius 3 is 1.22 bits per heavy atom. The molecule has 0 saturated carbocycles. The highest BCUT2D eigenvalue weighted by Gasteiger charge is 2.57. The number of hydrogen-bond donors (Lipinski definition) is 14. The summed E-state index contributed by atoms with van der Waals surface area (Å²) in [5.41, 5.74) is 0. The predicted octanol–water partition coefficient (Wildman–Crippen LogP) is -9.32. The van der Waals surface area contributed by atoms with Crippen LogP contribution in [0.2, 0.25) is 0 Å². The fourth-order valence-corrected chi connectivity index (χ4v) is 6.75. The van der Waals surface area contributed by atoms with Crippen LogP contribution in [0.3, 0.4) is 0 Å². The molecule has 0 aromatic carbocycles. The molecule has 24 nitrogen and oxygen atoms in total. The van der Waals surface area contributed by atoms with E-state index in [1.807, 2.05) is 0 Å². The Labute approximate surface area is 307 Å². The molecule has 0 aromatic heterocycles. The molecule has 4 saturated heterocycles. The lowest BCUT2D eigenvalue weighted by Gasteiger charge is -2.52. The SMILES string of the molecule is CC(=O)N[C@H]1[C@@H](O[C@@H]2[C@@H](NC(C)=O)[C@@H](O[C@H]3[C@H](O)[C@@H](O)C(O)O[C@@H]3CO)O[C@H](CO)[C@@H]2O[C@H]2O[C@H](CO)[C@@H](O)[C@H](O)[C@H]2NC(C)=O)O[C@H](CO)[C@H](O)[C@@H]1O. The second-order valence-electron chi connectivity index (χ2n) is 13.3. The molecule has 4 fully saturated rings. The van der Waals surface area contributed by atoms with Gasteiger partial charge in [-0.15, -0.1) is 0 Å². The Bertz CT molecular complexity index is 1250. The summed E-state index contributed by atoms with van der Waals surface area (Å²) in [5, 5.41) is 122. The average molecular weight is 790 g/mol. The van der Waals surface area contributed by atoms with Gasteiger partial charge < -0.3 is 105 Å². The van der Waals surface area contributed by atoms with Crippen molar-refractivity contribution in [3.8, 4) is 0 Å². The van der Waals surface area contributed by atoms with E-state index in [1.54, 1.807) is 0 Å². The summed E-state index contributed by atoms with van der Waals surface area (Å²) in [4.78, 5) is 37.1. The molecule has 312 valence electrons. The maximum absolute atomic E-state index is 12.7. The van der Waals surface area contributed by atoms with Crippen LogP contribution in [0.4, 0.5) is 0 Å². The van der Waals surface area contributed by atoms with Gasteiger partial charge in [0.25, 0.3) is 0 Å². The van der Waals surface area contributed by atoms with E-state index in [4.69, 9.17) is 33.2 Å². The van der Waals surface area contributed by atoms with Crippen LogP contribution in [0, 0.1) is 0 Å². The van der Waals surface area contributed by atoms with Gasteiger partial charge >= 0.3 is 0 Å². The van der Waals surface area contributed by atoms with E-state index in [9.17, 15) is 70.6 Å². The maximum atomic E-state index is 12.7. The smallest absolute Gasteiger partial charge is 0.217 e. The fourth-order valence-electron chi connectivity index (χ4n) is 6.75. The molecule has 4 aliphatic rings. The van der Waals surface area contributed by atoms with Crippen LogP contribution < -0.4 is 16.0 Å². The number of rotatable bonds is 13. The first-order valence-corrected chi connectivity index (χ1v) is 17.1. The van der Waals surface area contributed by atoms with E-state index >= 15 is 0 Å².